The van der Waals surface area contributed by atoms with Crippen molar-refractivity contribution in [2.75, 3.05) is 10.6 Å². The molecule has 0 fully saturated rings. The Hall–Kier alpha value is -3.66. The van der Waals surface area contributed by atoms with Crippen LogP contribution in [0.15, 0.2) is 111 Å². The number of amides is 3. The lowest BCUT2D eigenvalue weighted by Gasteiger charge is -2.16. The van der Waals surface area contributed by atoms with Gasteiger partial charge in [-0.2, -0.15) is 11.3 Å². The molecular weight excluding hydrogens is 594 g/mol. The van der Waals surface area contributed by atoms with Gasteiger partial charge in [0.1, 0.15) is 5.70 Å². The number of rotatable bonds is 10. The third-order valence-corrected chi connectivity index (χ3v) is 8.12. The van der Waals surface area contributed by atoms with E-state index in [9.17, 15) is 14.4 Å². The van der Waals surface area contributed by atoms with Gasteiger partial charge in [0.25, 0.3) is 11.8 Å². The fourth-order valence-electron chi connectivity index (χ4n) is 3.55. The van der Waals surface area contributed by atoms with Crippen LogP contribution in [-0.4, -0.2) is 23.0 Å². The molecule has 39 heavy (non-hydrogen) atoms. The summed E-state index contributed by atoms with van der Waals surface area (Å²) in [6.45, 7) is 1.96. The van der Waals surface area contributed by atoms with Crippen molar-refractivity contribution in [3.63, 3.8) is 0 Å². The van der Waals surface area contributed by atoms with Crippen molar-refractivity contribution >= 4 is 74.2 Å². The number of thioether (sulfide) groups is 1. The molecule has 0 aliphatic carbocycles. The van der Waals surface area contributed by atoms with Crippen molar-refractivity contribution in [3.8, 4) is 0 Å². The van der Waals surface area contributed by atoms with Crippen LogP contribution in [0.5, 0.6) is 0 Å². The summed E-state index contributed by atoms with van der Waals surface area (Å²) in [6.07, 6.45) is 2.27. The van der Waals surface area contributed by atoms with Crippen molar-refractivity contribution in [1.82, 2.24) is 5.32 Å². The first-order chi connectivity index (χ1) is 18.9. The van der Waals surface area contributed by atoms with E-state index in [1.54, 1.807) is 36.4 Å². The van der Waals surface area contributed by atoms with Crippen molar-refractivity contribution in [2.24, 2.45) is 0 Å². The molecule has 4 rings (SSSR count). The molecule has 0 saturated carbocycles. The summed E-state index contributed by atoms with van der Waals surface area (Å²) in [6, 6.07) is 25.3. The highest BCUT2D eigenvalue weighted by molar-refractivity contribution is 9.10. The molecule has 198 valence electrons. The Morgan fingerprint density at radius 3 is 2.38 bits per heavy atom. The zero-order valence-electron chi connectivity index (χ0n) is 21.0. The molecule has 6 nitrogen and oxygen atoms in total. The first-order valence-corrected chi connectivity index (χ1v) is 14.8. The average Bonchev–Trinajstić information content (AvgIpc) is 3.46. The number of carbonyl (C=O) groups excluding carboxylic acids is 3. The van der Waals surface area contributed by atoms with Crippen LogP contribution in [-0.2, 0) is 9.59 Å². The summed E-state index contributed by atoms with van der Waals surface area (Å²) in [5, 5.41) is 12.1. The van der Waals surface area contributed by atoms with Crippen LogP contribution in [0.3, 0.4) is 0 Å². The molecule has 0 spiro atoms. The van der Waals surface area contributed by atoms with E-state index in [2.05, 4.69) is 31.9 Å². The van der Waals surface area contributed by atoms with Gasteiger partial charge >= 0.3 is 0 Å². The van der Waals surface area contributed by atoms with Crippen molar-refractivity contribution in [1.29, 1.82) is 0 Å². The molecule has 1 heterocycles. The van der Waals surface area contributed by atoms with Crippen LogP contribution in [0, 0.1) is 0 Å². The van der Waals surface area contributed by atoms with Gasteiger partial charge in [-0.15, -0.1) is 11.8 Å². The molecule has 0 saturated heterocycles. The second-order valence-electron chi connectivity index (χ2n) is 8.43. The SMILES string of the molecule is CCC(Sc1cccc(NC(=O)/C(=C/c2ccsc2)NC(=O)c2ccccc2)c1)C(=O)Nc1ccc(Br)cc1. The molecule has 0 bridgehead atoms. The highest BCUT2D eigenvalue weighted by atomic mass is 79.9. The van der Waals surface area contributed by atoms with E-state index in [-0.39, 0.29) is 22.8 Å². The summed E-state index contributed by atoms with van der Waals surface area (Å²) >= 11 is 6.32. The average molecular weight is 621 g/mol. The maximum absolute atomic E-state index is 13.3. The van der Waals surface area contributed by atoms with E-state index in [1.807, 2.05) is 72.3 Å². The zero-order chi connectivity index (χ0) is 27.6. The molecule has 0 aliphatic heterocycles. The van der Waals surface area contributed by atoms with E-state index in [0.717, 1.165) is 20.6 Å². The Morgan fingerprint density at radius 1 is 0.923 bits per heavy atom. The van der Waals surface area contributed by atoms with Gasteiger partial charge in [0.15, 0.2) is 0 Å². The fourth-order valence-corrected chi connectivity index (χ4v) is 5.45. The lowest BCUT2D eigenvalue weighted by atomic mass is 10.2. The molecule has 3 amide bonds. The number of thiophene rings is 1. The van der Waals surface area contributed by atoms with Crippen LogP contribution >= 0.6 is 39.0 Å². The standard InChI is InChI=1S/C30H26BrN3O3S2/c1-2-27(30(37)32-23-13-11-22(31)12-14-23)39-25-10-6-9-24(18-25)33-29(36)26(17-20-15-16-38-19-20)34-28(35)21-7-4-3-5-8-21/h3-19,27H,2H2,1H3,(H,32,37)(H,33,36)(H,34,35)/b26-17-. The van der Waals surface area contributed by atoms with E-state index in [4.69, 9.17) is 0 Å². The molecule has 9 heteroatoms. The maximum atomic E-state index is 13.3. The molecule has 3 aromatic carbocycles. The smallest absolute Gasteiger partial charge is 0.272 e. The molecule has 4 aromatic rings. The second kappa shape index (κ2) is 13.9. The fraction of sp³-hybridized carbons (Fsp3) is 0.100. The quantitative estimate of drug-likeness (QED) is 0.127. The van der Waals surface area contributed by atoms with Crippen molar-refractivity contribution in [2.45, 2.75) is 23.5 Å². The molecule has 0 radical (unpaired) electrons. The summed E-state index contributed by atoms with van der Waals surface area (Å²) in [5.74, 6) is -0.921. The number of anilines is 2. The third kappa shape index (κ3) is 8.41. The number of hydrogen-bond donors (Lipinski definition) is 3. The van der Waals surface area contributed by atoms with Crippen molar-refractivity contribution in [3.05, 3.63) is 117 Å². The second-order valence-corrected chi connectivity index (χ2v) is 11.4. The highest BCUT2D eigenvalue weighted by Crippen LogP contribution is 2.29. The topological polar surface area (TPSA) is 87.3 Å². The van der Waals surface area contributed by atoms with Gasteiger partial charge in [-0.25, -0.2) is 0 Å². The lowest BCUT2D eigenvalue weighted by molar-refractivity contribution is -0.116. The van der Waals surface area contributed by atoms with Crippen molar-refractivity contribution < 1.29 is 14.4 Å². The Morgan fingerprint density at radius 2 is 1.69 bits per heavy atom. The van der Waals surface area contributed by atoms with Gasteiger partial charge in [0.05, 0.1) is 5.25 Å². The molecule has 3 N–H and O–H groups in total. The van der Waals surface area contributed by atoms with Crippen LogP contribution < -0.4 is 16.0 Å². The van der Waals surface area contributed by atoms with Crippen LogP contribution in [0.2, 0.25) is 0 Å². The minimum atomic E-state index is -0.451. The number of halogens is 1. The van der Waals surface area contributed by atoms with E-state index < -0.39 is 5.91 Å². The third-order valence-electron chi connectivity index (χ3n) is 5.53. The predicted molar refractivity (Wildman–Crippen MR) is 164 cm³/mol. The monoisotopic (exact) mass is 619 g/mol. The minimum Gasteiger partial charge on any atom is -0.325 e. The summed E-state index contributed by atoms with van der Waals surface area (Å²) in [7, 11) is 0. The highest BCUT2D eigenvalue weighted by Gasteiger charge is 2.19. The molecule has 0 aliphatic rings. The van der Waals surface area contributed by atoms with E-state index >= 15 is 0 Å². The first-order valence-electron chi connectivity index (χ1n) is 12.2. The van der Waals surface area contributed by atoms with Gasteiger partial charge in [-0.1, -0.05) is 47.1 Å². The number of carbonyl (C=O) groups is 3. The first kappa shape index (κ1) is 28.4. The molecular formula is C30H26BrN3O3S2. The Kier molecular flexibility index (Phi) is 10.1. The van der Waals surface area contributed by atoms with E-state index in [1.165, 1.54) is 23.1 Å². The minimum absolute atomic E-state index is 0.0936. The molecule has 1 aromatic heterocycles. The maximum Gasteiger partial charge on any atom is 0.272 e. The van der Waals surface area contributed by atoms with Gasteiger partial charge in [-0.3, -0.25) is 14.4 Å². The lowest BCUT2D eigenvalue weighted by Crippen LogP contribution is -2.30. The van der Waals surface area contributed by atoms with Crippen LogP contribution in [0.4, 0.5) is 11.4 Å². The summed E-state index contributed by atoms with van der Waals surface area (Å²) in [5.41, 5.74) is 2.67. The van der Waals surface area contributed by atoms with Crippen LogP contribution in [0.25, 0.3) is 6.08 Å². The van der Waals surface area contributed by atoms with Gasteiger partial charge < -0.3 is 16.0 Å². The molecule has 1 atom stereocenters. The largest absolute Gasteiger partial charge is 0.325 e. The Labute approximate surface area is 244 Å². The number of benzene rings is 3. The molecule has 1 unspecified atom stereocenters. The summed E-state index contributed by atoms with van der Waals surface area (Å²) < 4.78 is 0.939. The summed E-state index contributed by atoms with van der Waals surface area (Å²) in [4.78, 5) is 39.8. The van der Waals surface area contributed by atoms with Gasteiger partial charge in [0, 0.05) is 26.3 Å². The normalized spacial score (nSPS) is 11.9. The number of hydrogen-bond acceptors (Lipinski definition) is 5. The predicted octanol–water partition coefficient (Wildman–Crippen LogP) is 7.43. The van der Waals surface area contributed by atoms with Crippen LogP contribution in [0.1, 0.15) is 29.3 Å². The Bertz CT molecular complexity index is 1460. The zero-order valence-corrected chi connectivity index (χ0v) is 24.2. The van der Waals surface area contributed by atoms with Gasteiger partial charge in [-0.05, 0) is 89.5 Å². The Balaban J connectivity index is 1.46. The van der Waals surface area contributed by atoms with Gasteiger partial charge in [0.2, 0.25) is 5.91 Å². The van der Waals surface area contributed by atoms with E-state index in [0.29, 0.717) is 17.7 Å². The number of nitrogens with one attached hydrogen (secondary N) is 3.